The van der Waals surface area contributed by atoms with E-state index in [0.717, 1.165) is 6.26 Å². The number of rotatable bonds is 6. The smallest absolute Gasteiger partial charge is 0.237 e. The van der Waals surface area contributed by atoms with Crippen molar-refractivity contribution < 1.29 is 21.6 Å². The molecule has 0 aliphatic carbocycles. The minimum absolute atomic E-state index is 0.301. The number of nitrogens with zero attached hydrogens (tertiary/aromatic N) is 1. The number of sulfone groups is 1. The van der Waals surface area contributed by atoms with Crippen molar-refractivity contribution in [2.75, 3.05) is 50.5 Å². The van der Waals surface area contributed by atoms with E-state index in [1.165, 1.54) is 0 Å². The van der Waals surface area contributed by atoms with Gasteiger partial charge in [0.1, 0.15) is 9.84 Å². The van der Waals surface area contributed by atoms with Crippen molar-refractivity contribution in [3.05, 3.63) is 0 Å². The van der Waals surface area contributed by atoms with Crippen LogP contribution in [0.3, 0.4) is 0 Å². The molecule has 1 aliphatic heterocycles. The fourth-order valence-corrected chi connectivity index (χ4v) is 4.11. The second-order valence-corrected chi connectivity index (χ2v) is 8.59. The third-order valence-electron chi connectivity index (χ3n) is 2.64. The highest BCUT2D eigenvalue weighted by atomic mass is 32.2. The lowest BCUT2D eigenvalue weighted by molar-refractivity contribution is -0.130. The number of piperazine rings is 1. The second-order valence-electron chi connectivity index (χ2n) is 4.40. The van der Waals surface area contributed by atoms with Gasteiger partial charge < -0.3 is 10.2 Å². The summed E-state index contributed by atoms with van der Waals surface area (Å²) < 4.78 is 46.9. The molecule has 1 heterocycles. The van der Waals surface area contributed by atoms with Crippen LogP contribution in [0.5, 0.6) is 0 Å². The first kappa shape index (κ1) is 16.3. The summed E-state index contributed by atoms with van der Waals surface area (Å²) in [6.45, 7) is 2.14. The van der Waals surface area contributed by atoms with Gasteiger partial charge in [0, 0.05) is 32.4 Å². The quantitative estimate of drug-likeness (QED) is 0.555. The van der Waals surface area contributed by atoms with E-state index in [1.807, 2.05) is 0 Å². The van der Waals surface area contributed by atoms with Crippen molar-refractivity contribution >= 4 is 25.8 Å². The van der Waals surface area contributed by atoms with Crippen molar-refractivity contribution in [1.82, 2.24) is 14.9 Å². The average molecular weight is 313 g/mol. The largest absolute Gasteiger partial charge is 0.339 e. The molecule has 0 aromatic heterocycles. The van der Waals surface area contributed by atoms with Crippen molar-refractivity contribution in [3.8, 4) is 0 Å². The van der Waals surface area contributed by atoms with Crippen LogP contribution in [0.2, 0.25) is 0 Å². The van der Waals surface area contributed by atoms with Crippen molar-refractivity contribution in [2.24, 2.45) is 0 Å². The number of amides is 1. The molecule has 1 saturated heterocycles. The Morgan fingerprint density at radius 2 is 1.74 bits per heavy atom. The highest BCUT2D eigenvalue weighted by Crippen LogP contribution is 1.94. The fourth-order valence-electron chi connectivity index (χ4n) is 1.53. The van der Waals surface area contributed by atoms with Crippen LogP contribution >= 0.6 is 0 Å². The molecule has 0 saturated carbocycles. The van der Waals surface area contributed by atoms with Gasteiger partial charge in [0.2, 0.25) is 15.9 Å². The van der Waals surface area contributed by atoms with E-state index in [9.17, 15) is 21.6 Å². The summed E-state index contributed by atoms with van der Waals surface area (Å²) in [6.07, 6.45) is 0.967. The van der Waals surface area contributed by atoms with Crippen LogP contribution in [-0.2, 0) is 24.7 Å². The lowest BCUT2D eigenvalue weighted by atomic mass is 10.3. The van der Waals surface area contributed by atoms with Crippen LogP contribution in [-0.4, -0.2) is 78.1 Å². The maximum absolute atomic E-state index is 11.7. The normalized spacial score (nSPS) is 17.4. The molecular formula is C9H19N3O5S2. The Hall–Kier alpha value is -0.710. The van der Waals surface area contributed by atoms with Gasteiger partial charge in [-0.3, -0.25) is 4.79 Å². The van der Waals surface area contributed by atoms with Crippen molar-refractivity contribution in [3.63, 3.8) is 0 Å². The first-order valence-corrected chi connectivity index (χ1v) is 9.54. The summed E-state index contributed by atoms with van der Waals surface area (Å²) in [6, 6.07) is 0. The van der Waals surface area contributed by atoms with E-state index in [2.05, 4.69) is 10.0 Å². The van der Waals surface area contributed by atoms with Crippen LogP contribution in [0.1, 0.15) is 0 Å². The maximum atomic E-state index is 11.7. The zero-order valence-electron chi connectivity index (χ0n) is 10.8. The summed E-state index contributed by atoms with van der Waals surface area (Å²) in [5.74, 6) is -1.28. The lowest BCUT2D eigenvalue weighted by Gasteiger charge is -2.27. The van der Waals surface area contributed by atoms with Crippen LogP contribution < -0.4 is 10.0 Å². The van der Waals surface area contributed by atoms with E-state index < -0.39 is 31.4 Å². The van der Waals surface area contributed by atoms with E-state index in [1.54, 1.807) is 4.90 Å². The maximum Gasteiger partial charge on any atom is 0.237 e. The standard InChI is InChI=1S/C9H19N3O5S2/c1-18(14,15)6-7-19(16,17)11-8-9(13)12-4-2-10-3-5-12/h10-11H,2-8H2,1H3. The van der Waals surface area contributed by atoms with Gasteiger partial charge in [-0.05, 0) is 0 Å². The van der Waals surface area contributed by atoms with E-state index >= 15 is 0 Å². The first-order chi connectivity index (χ1) is 8.70. The minimum atomic E-state index is -3.74. The molecule has 112 valence electrons. The minimum Gasteiger partial charge on any atom is -0.339 e. The summed E-state index contributed by atoms with van der Waals surface area (Å²) in [5.41, 5.74) is 0. The first-order valence-electron chi connectivity index (χ1n) is 5.83. The Bertz CT molecular complexity index is 508. The molecule has 0 aromatic carbocycles. The Labute approximate surface area is 113 Å². The SMILES string of the molecule is CS(=O)(=O)CCS(=O)(=O)NCC(=O)N1CCNCC1. The van der Waals surface area contributed by atoms with E-state index in [4.69, 9.17) is 0 Å². The van der Waals surface area contributed by atoms with Crippen molar-refractivity contribution in [2.45, 2.75) is 0 Å². The Morgan fingerprint density at radius 1 is 1.16 bits per heavy atom. The molecular weight excluding hydrogens is 294 g/mol. The number of sulfonamides is 1. The molecule has 8 nitrogen and oxygen atoms in total. The number of hydrogen-bond donors (Lipinski definition) is 2. The summed E-state index contributed by atoms with van der Waals surface area (Å²) >= 11 is 0. The summed E-state index contributed by atoms with van der Waals surface area (Å²) in [7, 11) is -7.08. The van der Waals surface area contributed by atoms with Crippen molar-refractivity contribution in [1.29, 1.82) is 0 Å². The third-order valence-corrected chi connectivity index (χ3v) is 5.17. The Kier molecular flexibility index (Phi) is 5.71. The monoisotopic (exact) mass is 313 g/mol. The molecule has 1 aliphatic rings. The van der Waals surface area contributed by atoms with Gasteiger partial charge in [-0.25, -0.2) is 21.6 Å². The number of carbonyl (C=O) groups excluding carboxylic acids is 1. The van der Waals surface area contributed by atoms with Gasteiger partial charge in [0.25, 0.3) is 0 Å². The van der Waals surface area contributed by atoms with Gasteiger partial charge in [-0.2, -0.15) is 0 Å². The second kappa shape index (κ2) is 6.64. The molecule has 19 heavy (non-hydrogen) atoms. The molecule has 1 amide bonds. The zero-order chi connectivity index (χ0) is 14.5. The van der Waals surface area contributed by atoms with Gasteiger partial charge in [-0.15, -0.1) is 0 Å². The van der Waals surface area contributed by atoms with E-state index in [0.29, 0.717) is 26.2 Å². The van der Waals surface area contributed by atoms with Crippen LogP contribution in [0.25, 0.3) is 0 Å². The Balaban J connectivity index is 2.39. The van der Waals surface area contributed by atoms with Crippen LogP contribution in [0.4, 0.5) is 0 Å². The molecule has 2 N–H and O–H groups in total. The van der Waals surface area contributed by atoms with Gasteiger partial charge in [-0.1, -0.05) is 0 Å². The predicted molar refractivity (Wildman–Crippen MR) is 71.0 cm³/mol. The molecule has 0 aromatic rings. The molecule has 1 fully saturated rings. The highest BCUT2D eigenvalue weighted by molar-refractivity contribution is 7.93. The fraction of sp³-hybridized carbons (Fsp3) is 0.889. The molecule has 0 atom stereocenters. The molecule has 0 bridgehead atoms. The number of nitrogens with one attached hydrogen (secondary N) is 2. The molecule has 10 heteroatoms. The third kappa shape index (κ3) is 6.85. The number of carbonyl (C=O) groups is 1. The van der Waals surface area contributed by atoms with Gasteiger partial charge in [0.05, 0.1) is 18.1 Å². The average Bonchev–Trinajstić information content (AvgIpc) is 2.34. The zero-order valence-corrected chi connectivity index (χ0v) is 12.4. The topological polar surface area (TPSA) is 113 Å². The number of hydrogen-bond acceptors (Lipinski definition) is 6. The highest BCUT2D eigenvalue weighted by Gasteiger charge is 2.19. The molecule has 1 rings (SSSR count). The Morgan fingerprint density at radius 3 is 2.26 bits per heavy atom. The molecule has 0 radical (unpaired) electrons. The van der Waals surface area contributed by atoms with Crippen LogP contribution in [0.15, 0.2) is 0 Å². The summed E-state index contributed by atoms with van der Waals surface area (Å²) in [4.78, 5) is 13.3. The van der Waals surface area contributed by atoms with Gasteiger partial charge >= 0.3 is 0 Å². The lowest BCUT2D eigenvalue weighted by Crippen LogP contribution is -2.49. The van der Waals surface area contributed by atoms with Crippen LogP contribution in [0, 0.1) is 0 Å². The molecule has 0 unspecified atom stereocenters. The van der Waals surface area contributed by atoms with Gasteiger partial charge in [0.15, 0.2) is 0 Å². The predicted octanol–water partition coefficient (Wildman–Crippen LogP) is -2.62. The van der Waals surface area contributed by atoms with E-state index in [-0.39, 0.29) is 12.5 Å². The molecule has 0 spiro atoms. The summed E-state index contributed by atoms with van der Waals surface area (Å²) in [5, 5.41) is 3.08.